The van der Waals surface area contributed by atoms with Gasteiger partial charge < -0.3 is 9.47 Å². The van der Waals surface area contributed by atoms with Crippen molar-refractivity contribution >= 4 is 124 Å². The van der Waals surface area contributed by atoms with Gasteiger partial charge in [0.2, 0.25) is 23.8 Å². The number of hydrogen-bond donors (Lipinski definition) is 8. The third-order valence-corrected chi connectivity index (χ3v) is 18.2. The van der Waals surface area contributed by atoms with Crippen molar-refractivity contribution in [1.29, 1.82) is 0 Å². The third-order valence-electron chi connectivity index (χ3n) is 17.7. The number of benzene rings is 7. The van der Waals surface area contributed by atoms with Crippen molar-refractivity contribution in [1.82, 2.24) is 84.0 Å². The van der Waals surface area contributed by atoms with Crippen LogP contribution in [0.2, 0.25) is 10.0 Å². The summed E-state index contributed by atoms with van der Waals surface area (Å²) in [5.41, 5.74) is 14.6. The molecule has 0 saturated heterocycles. The highest BCUT2D eigenvalue weighted by atomic mass is 35.5. The van der Waals surface area contributed by atoms with Crippen LogP contribution >= 0.6 is 23.2 Å². The van der Waals surface area contributed by atoms with E-state index in [4.69, 9.17) is 28.7 Å². The van der Waals surface area contributed by atoms with Crippen molar-refractivity contribution in [3.63, 3.8) is 0 Å². The van der Waals surface area contributed by atoms with Gasteiger partial charge in [-0.3, -0.25) is 106 Å². The Kier molecular flexibility index (Phi) is 29.7. The summed E-state index contributed by atoms with van der Waals surface area (Å²) in [7, 11) is 0. The van der Waals surface area contributed by atoms with Crippen LogP contribution in [0.1, 0.15) is 94.0 Å². The van der Waals surface area contributed by atoms with E-state index in [1.54, 1.807) is 172 Å². The van der Waals surface area contributed by atoms with Gasteiger partial charge in [-0.25, -0.2) is 0 Å². The molecule has 8 amide bonds. The smallest absolute Gasteiger partial charge is 0.406 e. The van der Waals surface area contributed by atoms with E-state index in [9.17, 15) is 64.7 Å². The zero-order chi connectivity index (χ0) is 94.1. The van der Waals surface area contributed by atoms with Crippen LogP contribution in [-0.4, -0.2) is 144 Å². The maximum Gasteiger partial charge on any atom is 0.573 e. The number of nitrogens with zero attached hydrogens (tertiary/aromatic N) is 20. The van der Waals surface area contributed by atoms with Gasteiger partial charge in [-0.2, -0.15) is 38.7 Å². The quantitative estimate of drug-likeness (QED) is 0.0128. The van der Waals surface area contributed by atoms with E-state index in [0.29, 0.717) is 65.9 Å². The number of alkyl halides is 6. The first kappa shape index (κ1) is 92.4. The number of nitrogens with one attached hydrogen (secondary N) is 8. The molecule has 46 heteroatoms. The van der Waals surface area contributed by atoms with Gasteiger partial charge in [0.1, 0.15) is 11.5 Å². The Hall–Kier alpha value is -18.3. The fourth-order valence-corrected chi connectivity index (χ4v) is 11.8. The second kappa shape index (κ2) is 42.8. The van der Waals surface area contributed by atoms with E-state index in [2.05, 4.69) is 127 Å². The van der Waals surface area contributed by atoms with Crippen molar-refractivity contribution < 1.29 is 74.2 Å². The minimum Gasteiger partial charge on any atom is -0.406 e. The van der Waals surface area contributed by atoms with Crippen LogP contribution in [-0.2, 0) is 0 Å². The van der Waals surface area contributed by atoms with E-state index >= 15 is 0 Å². The molecule has 16 rings (SSSR count). The number of rotatable bonds is 23. The van der Waals surface area contributed by atoms with E-state index in [1.165, 1.54) is 124 Å². The molecule has 7 aromatic carbocycles. The van der Waals surface area contributed by atoms with E-state index in [0.717, 1.165) is 34.5 Å². The number of hydrogen-bond acceptors (Lipinski definition) is 24. The summed E-state index contributed by atoms with van der Waals surface area (Å²) in [6.07, 6.45) is 5.22. The molecule has 9 heterocycles. The number of pyridine rings is 5. The Labute approximate surface area is 755 Å². The number of amides is 8. The number of azide groups is 1. The second-order valence-electron chi connectivity index (χ2n) is 26.9. The molecule has 666 valence electrons. The number of carbonyl (C=O) groups excluding carboxylic acids is 8. The first-order chi connectivity index (χ1) is 64.0. The van der Waals surface area contributed by atoms with Gasteiger partial charge in [0, 0.05) is 116 Å². The van der Waals surface area contributed by atoms with Crippen molar-refractivity contribution in [3.05, 3.63) is 369 Å². The Bertz CT molecular complexity index is 6720. The number of carbonyl (C=O) groups is 8. The summed E-state index contributed by atoms with van der Waals surface area (Å²) in [5.74, 6) is -4.94. The molecule has 0 bridgehead atoms. The Balaban J connectivity index is 0.000000151. The standard InChI is InChI=1S/C24H17F3N8O3.C23H17F3N6O3.2C20H14ClN7O2/c1-14-5-2-3-8-19(14)21(37)29-22-31-23(30-20(36)15-6-4-7-16(13-15)32-34-28)35(33-22)17-9-11-18(12-10-17)38-24(25,26)27;1-14-4-2-3-5-18(14)20(34)29-22-30-21(28-19(33)15-10-12-27-13-11-15)31-32(22)16-6-8-17(9-7-16)35-23(24,25)26;21-15-1-3-16(4-2-15)28-20(25-18(30)14-7-11-23-12-8-14)26-19(27-28)24-17(29)13-5-9-22-10-6-13;21-15-5-7-16(8-6-15)28-20(25-18(30)14-4-2-10-23-12-14)26-19(27-28)24-17(29)13-3-1-9-22-11-13/h2-13H,1H3,(H2,29,30,31,33,36,37);2-13H,1H3,(H2,28,29,30,31,33,34);2*1-12H,(H2,24,25,26,27,29,30). The van der Waals surface area contributed by atoms with Crippen LogP contribution in [0, 0.1) is 13.8 Å². The third kappa shape index (κ3) is 25.7. The molecule has 0 fully saturated rings. The molecule has 133 heavy (non-hydrogen) atoms. The first-order valence-electron chi connectivity index (χ1n) is 38.4. The van der Waals surface area contributed by atoms with Gasteiger partial charge in [-0.15, -0.1) is 46.7 Å². The monoisotopic (exact) mass is 1840 g/mol. The first-order valence-corrected chi connectivity index (χ1v) is 39.2. The fourth-order valence-electron chi connectivity index (χ4n) is 11.5. The predicted molar refractivity (Wildman–Crippen MR) is 471 cm³/mol. The van der Waals surface area contributed by atoms with Crippen LogP contribution in [0.3, 0.4) is 0 Å². The van der Waals surface area contributed by atoms with Crippen LogP contribution < -0.4 is 52.0 Å². The summed E-state index contributed by atoms with van der Waals surface area (Å²) in [5, 5.41) is 42.4. The molecule has 0 aliphatic rings. The number of ether oxygens (including phenoxy) is 2. The van der Waals surface area contributed by atoms with Crippen LogP contribution in [0.5, 0.6) is 11.5 Å². The highest BCUT2D eigenvalue weighted by Crippen LogP contribution is 2.30. The molecule has 0 aliphatic carbocycles. The molecule has 16 aromatic rings. The largest absolute Gasteiger partial charge is 0.573 e. The zero-order valence-electron chi connectivity index (χ0n) is 68.3. The molecule has 0 atom stereocenters. The SMILES string of the molecule is Cc1ccccc1C(=O)Nc1nc(NC(=O)c2cccc(N=[N+]=[N-])c2)n(-c2ccc(OC(F)(F)F)cc2)n1.Cc1ccccc1C(=O)Nc1nc(NC(=O)c2ccncc2)nn1-c1ccc(OC(F)(F)F)cc1.O=C(Nc1nc(NC(=O)c2cccnc2)n(-c2ccc(Cl)cc2)n1)c1cccnc1.O=C(Nc1nc(NC(=O)c2ccncc2)n(-c2ccc(Cl)cc2)n1)c1ccncc1. The minimum atomic E-state index is -4.87. The van der Waals surface area contributed by atoms with Gasteiger partial charge in [-0.1, -0.05) is 76.8 Å². The highest BCUT2D eigenvalue weighted by Gasteiger charge is 2.33. The average Bonchev–Trinajstić information content (AvgIpc) is 1.68. The molecule has 0 unspecified atom stereocenters. The Morgan fingerprint density at radius 3 is 0.955 bits per heavy atom. The lowest BCUT2D eigenvalue weighted by molar-refractivity contribution is -0.275. The van der Waals surface area contributed by atoms with Crippen molar-refractivity contribution in [2.24, 2.45) is 5.11 Å². The Morgan fingerprint density at radius 2 is 0.624 bits per heavy atom. The summed E-state index contributed by atoms with van der Waals surface area (Å²) >= 11 is 11.9. The lowest BCUT2D eigenvalue weighted by Gasteiger charge is -2.11. The van der Waals surface area contributed by atoms with Crippen LogP contribution in [0.15, 0.2) is 298 Å². The normalized spacial score (nSPS) is 10.7. The topological polar surface area (TPSA) is 487 Å². The van der Waals surface area contributed by atoms with Crippen molar-refractivity contribution in [3.8, 4) is 34.2 Å². The number of halogens is 8. The summed E-state index contributed by atoms with van der Waals surface area (Å²) in [6.45, 7) is 3.51. The predicted octanol–water partition coefficient (Wildman–Crippen LogP) is 16.7. The molecule has 0 spiro atoms. The second-order valence-corrected chi connectivity index (χ2v) is 27.8. The lowest BCUT2D eigenvalue weighted by atomic mass is 10.1. The van der Waals surface area contributed by atoms with Gasteiger partial charge in [0.15, 0.2) is 0 Å². The minimum absolute atomic E-state index is 0.0142. The van der Waals surface area contributed by atoms with E-state index in [1.807, 2.05) is 0 Å². The molecular weight excluding hydrogens is 1780 g/mol. The van der Waals surface area contributed by atoms with E-state index < -0.39 is 71.5 Å². The van der Waals surface area contributed by atoms with Crippen LogP contribution in [0.4, 0.5) is 79.6 Å². The Morgan fingerprint density at radius 1 is 0.331 bits per heavy atom. The molecule has 0 aliphatic heterocycles. The van der Waals surface area contributed by atoms with Crippen molar-refractivity contribution in [2.75, 3.05) is 42.5 Å². The molecule has 9 aromatic heterocycles. The molecule has 0 saturated carbocycles. The summed E-state index contributed by atoms with van der Waals surface area (Å²) in [4.78, 5) is 140. The highest BCUT2D eigenvalue weighted by molar-refractivity contribution is 6.31. The lowest BCUT2D eigenvalue weighted by Crippen LogP contribution is -2.17. The number of anilines is 8. The summed E-state index contributed by atoms with van der Waals surface area (Å²) in [6, 6.07) is 58.3. The van der Waals surface area contributed by atoms with Gasteiger partial charge in [0.05, 0.1) is 33.9 Å². The molecular formula is C87H62Cl2F6N28O10. The van der Waals surface area contributed by atoms with Gasteiger partial charge in [-0.05, 0) is 212 Å². The maximum atomic E-state index is 12.9. The number of aromatic nitrogens is 17. The molecule has 0 radical (unpaired) electrons. The molecule has 8 N–H and O–H groups in total. The average molecular weight is 1840 g/mol. The van der Waals surface area contributed by atoms with Crippen molar-refractivity contribution in [2.45, 2.75) is 26.6 Å². The fraction of sp³-hybridized carbons (Fsp3) is 0.0460. The maximum absolute atomic E-state index is 12.9. The van der Waals surface area contributed by atoms with Gasteiger partial charge >= 0.3 is 12.7 Å². The summed E-state index contributed by atoms with van der Waals surface area (Å²) < 4.78 is 88.0. The van der Waals surface area contributed by atoms with Gasteiger partial charge in [0.25, 0.3) is 71.1 Å². The zero-order valence-corrected chi connectivity index (χ0v) is 69.8. The van der Waals surface area contributed by atoms with Crippen LogP contribution in [0.25, 0.3) is 33.2 Å². The molecule has 38 nitrogen and oxygen atoms in total. The number of aryl methyl sites for hydroxylation is 2. The van der Waals surface area contributed by atoms with E-state index in [-0.39, 0.29) is 70.2 Å².